The van der Waals surface area contributed by atoms with Gasteiger partial charge in [-0.3, -0.25) is 0 Å². The molecular weight excluding hydrogens is 262 g/mol. The molecule has 2 aromatic carbocycles. The maximum atomic E-state index is 11.4. The van der Waals surface area contributed by atoms with Gasteiger partial charge in [0.15, 0.2) is 0 Å². The van der Waals surface area contributed by atoms with E-state index in [1.165, 1.54) is 16.7 Å². The molecule has 0 spiro atoms. The van der Waals surface area contributed by atoms with E-state index in [0.29, 0.717) is 0 Å². The molecule has 0 saturated carbocycles. The third kappa shape index (κ3) is 1.81. The molecule has 3 heteroatoms. The van der Waals surface area contributed by atoms with Crippen molar-refractivity contribution >= 4 is 0 Å². The summed E-state index contributed by atoms with van der Waals surface area (Å²) < 4.78 is 5.33. The first kappa shape index (κ1) is 12.9. The van der Waals surface area contributed by atoms with Gasteiger partial charge in [0.25, 0.3) is 0 Å². The van der Waals surface area contributed by atoms with Gasteiger partial charge in [0.1, 0.15) is 11.4 Å². The quantitative estimate of drug-likeness (QED) is 0.889. The van der Waals surface area contributed by atoms with Crippen LogP contribution in [0.15, 0.2) is 42.5 Å². The van der Waals surface area contributed by atoms with E-state index >= 15 is 0 Å². The first-order chi connectivity index (χ1) is 10.2. The molecule has 4 rings (SSSR count). The van der Waals surface area contributed by atoms with Crippen LogP contribution in [0.4, 0.5) is 0 Å². The van der Waals surface area contributed by atoms with Crippen LogP contribution in [0.1, 0.15) is 34.7 Å². The lowest BCUT2D eigenvalue weighted by Gasteiger charge is -2.32. The average Bonchev–Trinajstić information content (AvgIpc) is 3.10. The first-order valence-electron chi connectivity index (χ1n) is 7.43. The van der Waals surface area contributed by atoms with E-state index in [1.807, 2.05) is 18.2 Å². The molecule has 21 heavy (non-hydrogen) atoms. The predicted octanol–water partition coefficient (Wildman–Crippen LogP) is 2.67. The Morgan fingerprint density at radius 1 is 1.19 bits per heavy atom. The van der Waals surface area contributed by atoms with Crippen LogP contribution in [0.2, 0.25) is 0 Å². The standard InChI is InChI=1S/C18H19NO2/c1-21-14-7-6-12-8-9-18(20,16(12)10-14)17-15-5-3-2-4-13(15)11-19-17/h2-7,10,17,19-20H,8-9,11H2,1H3. The Morgan fingerprint density at radius 2 is 2.05 bits per heavy atom. The number of rotatable bonds is 2. The van der Waals surface area contributed by atoms with E-state index in [0.717, 1.165) is 30.7 Å². The minimum Gasteiger partial charge on any atom is -0.497 e. The summed E-state index contributed by atoms with van der Waals surface area (Å²) in [6, 6.07) is 14.4. The fourth-order valence-electron chi connectivity index (χ4n) is 3.79. The van der Waals surface area contributed by atoms with Gasteiger partial charge in [-0.1, -0.05) is 30.3 Å². The highest BCUT2D eigenvalue weighted by molar-refractivity contribution is 5.47. The highest BCUT2D eigenvalue weighted by Gasteiger charge is 2.46. The third-order valence-corrected chi connectivity index (χ3v) is 4.90. The number of ether oxygens (including phenoxy) is 1. The van der Waals surface area contributed by atoms with Gasteiger partial charge in [-0.25, -0.2) is 0 Å². The van der Waals surface area contributed by atoms with E-state index in [1.54, 1.807) is 7.11 Å². The van der Waals surface area contributed by atoms with Gasteiger partial charge in [0.05, 0.1) is 13.2 Å². The summed E-state index contributed by atoms with van der Waals surface area (Å²) in [6.07, 6.45) is 1.66. The molecule has 2 N–H and O–H groups in total. The Bertz CT molecular complexity index is 697. The van der Waals surface area contributed by atoms with Crippen molar-refractivity contribution < 1.29 is 9.84 Å². The molecule has 3 nitrogen and oxygen atoms in total. The maximum Gasteiger partial charge on any atom is 0.119 e. The first-order valence-corrected chi connectivity index (χ1v) is 7.43. The van der Waals surface area contributed by atoms with Crippen LogP contribution in [0.25, 0.3) is 0 Å². The second kappa shape index (κ2) is 4.58. The minimum atomic E-state index is -0.851. The van der Waals surface area contributed by atoms with Gasteiger partial charge in [0.2, 0.25) is 0 Å². The summed E-state index contributed by atoms with van der Waals surface area (Å²) >= 11 is 0. The van der Waals surface area contributed by atoms with Gasteiger partial charge in [-0.15, -0.1) is 0 Å². The van der Waals surface area contributed by atoms with Crippen LogP contribution in [-0.4, -0.2) is 12.2 Å². The molecule has 0 radical (unpaired) electrons. The minimum absolute atomic E-state index is 0.0398. The van der Waals surface area contributed by atoms with Crippen LogP contribution in [-0.2, 0) is 18.6 Å². The number of hydrogen-bond acceptors (Lipinski definition) is 3. The van der Waals surface area contributed by atoms with E-state index in [2.05, 4.69) is 29.6 Å². The zero-order valence-electron chi connectivity index (χ0n) is 12.1. The van der Waals surface area contributed by atoms with E-state index in [9.17, 15) is 5.11 Å². The zero-order valence-corrected chi connectivity index (χ0v) is 12.1. The molecule has 0 bridgehead atoms. The highest BCUT2D eigenvalue weighted by Crippen LogP contribution is 2.48. The Hall–Kier alpha value is -1.84. The molecule has 0 saturated heterocycles. The second-order valence-electron chi connectivity index (χ2n) is 5.96. The van der Waals surface area contributed by atoms with E-state index < -0.39 is 5.60 Å². The van der Waals surface area contributed by atoms with Crippen molar-refractivity contribution in [2.45, 2.75) is 31.0 Å². The van der Waals surface area contributed by atoms with Crippen LogP contribution in [0.5, 0.6) is 5.75 Å². The number of benzene rings is 2. The predicted molar refractivity (Wildman–Crippen MR) is 81.2 cm³/mol. The third-order valence-electron chi connectivity index (χ3n) is 4.90. The topological polar surface area (TPSA) is 41.5 Å². The fraction of sp³-hybridized carbons (Fsp3) is 0.333. The number of hydrogen-bond donors (Lipinski definition) is 2. The fourth-order valence-corrected chi connectivity index (χ4v) is 3.79. The summed E-state index contributed by atoms with van der Waals surface area (Å²) in [5.74, 6) is 0.806. The second-order valence-corrected chi connectivity index (χ2v) is 5.96. The monoisotopic (exact) mass is 281 g/mol. The number of nitrogens with one attached hydrogen (secondary N) is 1. The number of methoxy groups -OCH3 is 1. The Morgan fingerprint density at radius 3 is 2.90 bits per heavy atom. The van der Waals surface area contributed by atoms with Gasteiger partial charge in [-0.05, 0) is 47.2 Å². The molecule has 2 unspecified atom stereocenters. The summed E-state index contributed by atoms with van der Waals surface area (Å²) in [4.78, 5) is 0. The average molecular weight is 281 g/mol. The van der Waals surface area contributed by atoms with Crippen molar-refractivity contribution in [3.63, 3.8) is 0 Å². The normalized spacial score (nSPS) is 26.5. The van der Waals surface area contributed by atoms with Crippen LogP contribution in [0, 0.1) is 0 Å². The van der Waals surface area contributed by atoms with Gasteiger partial charge < -0.3 is 15.2 Å². The summed E-state index contributed by atoms with van der Waals surface area (Å²) in [5.41, 5.74) is 3.89. The Labute approximate surface area is 124 Å². The zero-order chi connectivity index (χ0) is 14.4. The molecule has 0 aromatic heterocycles. The summed E-state index contributed by atoms with van der Waals surface area (Å²) in [7, 11) is 1.67. The molecule has 108 valence electrons. The molecule has 1 heterocycles. The van der Waals surface area contributed by atoms with Crippen molar-refractivity contribution in [1.29, 1.82) is 0 Å². The molecule has 0 amide bonds. The largest absolute Gasteiger partial charge is 0.497 e. The number of aliphatic hydroxyl groups is 1. The Balaban J connectivity index is 1.81. The molecule has 2 aliphatic rings. The molecule has 0 fully saturated rings. The lowest BCUT2D eigenvalue weighted by Crippen LogP contribution is -2.36. The molecular formula is C18H19NO2. The van der Waals surface area contributed by atoms with Gasteiger partial charge in [-0.2, -0.15) is 0 Å². The molecule has 2 atom stereocenters. The maximum absolute atomic E-state index is 11.4. The van der Waals surface area contributed by atoms with Crippen LogP contribution >= 0.6 is 0 Å². The van der Waals surface area contributed by atoms with Crippen LogP contribution in [0.3, 0.4) is 0 Å². The summed E-state index contributed by atoms with van der Waals surface area (Å²) in [6.45, 7) is 0.822. The van der Waals surface area contributed by atoms with Crippen molar-refractivity contribution in [1.82, 2.24) is 5.32 Å². The van der Waals surface area contributed by atoms with E-state index in [-0.39, 0.29) is 6.04 Å². The SMILES string of the molecule is COc1ccc2c(c1)C(O)(C1NCc3ccccc31)CC2. The van der Waals surface area contributed by atoms with Crippen molar-refractivity contribution in [2.24, 2.45) is 0 Å². The lowest BCUT2D eigenvalue weighted by molar-refractivity contribution is 0.000393. The molecule has 1 aliphatic heterocycles. The molecule has 1 aliphatic carbocycles. The van der Waals surface area contributed by atoms with Gasteiger partial charge >= 0.3 is 0 Å². The summed E-state index contributed by atoms with van der Waals surface area (Å²) in [5, 5.41) is 14.9. The van der Waals surface area contributed by atoms with E-state index in [4.69, 9.17) is 4.74 Å². The van der Waals surface area contributed by atoms with Gasteiger partial charge in [0, 0.05) is 6.54 Å². The van der Waals surface area contributed by atoms with Crippen molar-refractivity contribution in [3.8, 4) is 5.75 Å². The molecule has 2 aromatic rings. The lowest BCUT2D eigenvalue weighted by atomic mass is 9.84. The van der Waals surface area contributed by atoms with Crippen molar-refractivity contribution in [2.75, 3.05) is 7.11 Å². The number of aryl methyl sites for hydroxylation is 1. The Kier molecular flexibility index (Phi) is 2.81. The number of fused-ring (bicyclic) bond motifs is 2. The van der Waals surface area contributed by atoms with Crippen molar-refractivity contribution in [3.05, 3.63) is 64.7 Å². The highest BCUT2D eigenvalue weighted by atomic mass is 16.5. The smallest absolute Gasteiger partial charge is 0.119 e. The van der Waals surface area contributed by atoms with Crippen LogP contribution < -0.4 is 10.1 Å².